The third kappa shape index (κ3) is 4.17. The maximum absolute atomic E-state index is 12.3. The molecule has 138 valence electrons. The average molecular weight is 359 g/mol. The van der Waals surface area contributed by atoms with Crippen LogP contribution in [0.1, 0.15) is 58.9 Å². The molecular weight excluding hydrogens is 338 g/mol. The summed E-state index contributed by atoms with van der Waals surface area (Å²) in [5, 5.41) is 3.67. The quantitative estimate of drug-likeness (QED) is 0.307. The van der Waals surface area contributed by atoms with Crippen molar-refractivity contribution >= 4 is 23.8 Å². The molecule has 1 aliphatic carbocycles. The van der Waals surface area contributed by atoms with Gasteiger partial charge in [-0.25, -0.2) is 4.79 Å². The summed E-state index contributed by atoms with van der Waals surface area (Å²) in [6, 6.07) is 1.51. The largest absolute Gasteiger partial charge is 0.496 e. The first-order valence-electron chi connectivity index (χ1n) is 8.32. The van der Waals surface area contributed by atoms with Crippen molar-refractivity contribution in [2.45, 2.75) is 32.6 Å². The molecular formula is C19H21NO6. The highest BCUT2D eigenvalue weighted by molar-refractivity contribution is 6.25. The highest BCUT2D eigenvalue weighted by Crippen LogP contribution is 2.36. The summed E-state index contributed by atoms with van der Waals surface area (Å²) < 4.78 is 10.5. The van der Waals surface area contributed by atoms with E-state index in [9.17, 15) is 14.4 Å². The summed E-state index contributed by atoms with van der Waals surface area (Å²) in [4.78, 5) is 40.8. The molecule has 2 rings (SSSR count). The van der Waals surface area contributed by atoms with E-state index in [0.29, 0.717) is 5.56 Å². The molecule has 0 saturated carbocycles. The summed E-state index contributed by atoms with van der Waals surface area (Å²) in [6.45, 7) is 2.04. The fourth-order valence-corrected chi connectivity index (χ4v) is 2.64. The van der Waals surface area contributed by atoms with Crippen LogP contribution in [0.25, 0.3) is 0 Å². The summed E-state index contributed by atoms with van der Waals surface area (Å²) in [5.41, 5.74) is 0.613. The van der Waals surface area contributed by atoms with E-state index in [1.165, 1.54) is 38.7 Å². The number of hydrogen-bond donors (Lipinski definition) is 0. The van der Waals surface area contributed by atoms with Gasteiger partial charge in [-0.2, -0.15) is 0 Å². The van der Waals surface area contributed by atoms with Crippen LogP contribution in [0.2, 0.25) is 0 Å². The summed E-state index contributed by atoms with van der Waals surface area (Å²) >= 11 is 0. The Labute approximate surface area is 151 Å². The zero-order chi connectivity index (χ0) is 19.1. The lowest BCUT2D eigenvalue weighted by Gasteiger charge is -2.18. The van der Waals surface area contributed by atoms with Crippen LogP contribution in [0, 0.1) is 0 Å². The van der Waals surface area contributed by atoms with Crippen LogP contribution in [0.15, 0.2) is 23.4 Å². The third-order valence-corrected chi connectivity index (χ3v) is 3.91. The Morgan fingerprint density at radius 3 is 2.38 bits per heavy atom. The maximum Gasteiger partial charge on any atom is 0.335 e. The Bertz CT molecular complexity index is 779. The number of unbranched alkanes of at least 4 members (excludes halogenated alkanes) is 2. The first-order valence-corrected chi connectivity index (χ1v) is 8.32. The predicted octanol–water partition coefficient (Wildman–Crippen LogP) is 3.10. The average Bonchev–Trinajstić information content (AvgIpc) is 2.64. The molecule has 1 aromatic rings. The van der Waals surface area contributed by atoms with Crippen LogP contribution in [0.5, 0.6) is 11.5 Å². The van der Waals surface area contributed by atoms with Gasteiger partial charge in [-0.3, -0.25) is 9.59 Å². The molecule has 7 nitrogen and oxygen atoms in total. The van der Waals surface area contributed by atoms with Gasteiger partial charge >= 0.3 is 5.97 Å². The number of ketones is 2. The van der Waals surface area contributed by atoms with E-state index in [1.54, 1.807) is 0 Å². The van der Waals surface area contributed by atoms with Crippen LogP contribution in [-0.4, -0.2) is 38.0 Å². The predicted molar refractivity (Wildman–Crippen MR) is 95.2 cm³/mol. The number of ether oxygens (including phenoxy) is 2. The van der Waals surface area contributed by atoms with Crippen LogP contribution in [0.3, 0.4) is 0 Å². The zero-order valence-electron chi connectivity index (χ0n) is 15.0. The molecule has 0 bridgehead atoms. The lowest BCUT2D eigenvalue weighted by molar-refractivity contribution is -0.143. The first-order chi connectivity index (χ1) is 12.5. The van der Waals surface area contributed by atoms with Gasteiger partial charge in [-0.15, -0.1) is 0 Å². The molecule has 1 aliphatic rings. The smallest absolute Gasteiger partial charge is 0.335 e. The molecule has 0 atom stereocenters. The van der Waals surface area contributed by atoms with E-state index in [0.717, 1.165) is 19.3 Å². The standard InChI is InChI=1S/C19H21NO6/c1-4-5-6-7-16(23)26-20-11-12-10-15(24-2)17-13(21)8-9-14(22)18(17)19(12)25-3/h8-11H,4-7H2,1-3H3. The highest BCUT2D eigenvalue weighted by atomic mass is 16.7. The van der Waals surface area contributed by atoms with Crippen molar-refractivity contribution in [1.29, 1.82) is 0 Å². The maximum atomic E-state index is 12.3. The minimum absolute atomic E-state index is 0.107. The second-order valence-corrected chi connectivity index (χ2v) is 5.67. The first kappa shape index (κ1) is 19.4. The number of carbonyl (C=O) groups excluding carboxylic acids is 3. The topological polar surface area (TPSA) is 91.3 Å². The van der Waals surface area contributed by atoms with Crippen molar-refractivity contribution in [2.24, 2.45) is 5.16 Å². The Hall–Kier alpha value is -2.96. The van der Waals surface area contributed by atoms with Gasteiger partial charge in [0.25, 0.3) is 0 Å². The summed E-state index contributed by atoms with van der Waals surface area (Å²) in [7, 11) is 2.78. The molecule has 7 heteroatoms. The van der Waals surface area contributed by atoms with Gasteiger partial charge in [0.05, 0.1) is 31.6 Å². The highest BCUT2D eigenvalue weighted by Gasteiger charge is 2.29. The molecule has 0 radical (unpaired) electrons. The Morgan fingerprint density at radius 1 is 1.08 bits per heavy atom. The molecule has 0 fully saturated rings. The van der Waals surface area contributed by atoms with Crippen molar-refractivity contribution in [1.82, 2.24) is 0 Å². The van der Waals surface area contributed by atoms with Crippen molar-refractivity contribution in [3.63, 3.8) is 0 Å². The van der Waals surface area contributed by atoms with Gasteiger partial charge < -0.3 is 14.3 Å². The zero-order valence-corrected chi connectivity index (χ0v) is 15.0. The number of carbonyl (C=O) groups is 3. The fraction of sp³-hybridized carbons (Fsp3) is 0.368. The minimum atomic E-state index is -0.437. The van der Waals surface area contributed by atoms with Crippen LogP contribution in [0.4, 0.5) is 0 Å². The number of hydrogen-bond acceptors (Lipinski definition) is 7. The van der Waals surface area contributed by atoms with Gasteiger partial charge in [0.15, 0.2) is 11.6 Å². The van der Waals surface area contributed by atoms with E-state index in [-0.39, 0.29) is 40.6 Å². The van der Waals surface area contributed by atoms with Crippen molar-refractivity contribution in [2.75, 3.05) is 14.2 Å². The molecule has 0 heterocycles. The normalized spacial score (nSPS) is 13.0. The van der Waals surface area contributed by atoms with Crippen LogP contribution in [-0.2, 0) is 9.63 Å². The monoisotopic (exact) mass is 359 g/mol. The van der Waals surface area contributed by atoms with E-state index >= 15 is 0 Å². The van der Waals surface area contributed by atoms with Gasteiger partial charge in [0, 0.05) is 12.0 Å². The molecule has 0 unspecified atom stereocenters. The van der Waals surface area contributed by atoms with Gasteiger partial charge in [0.2, 0.25) is 0 Å². The molecule has 0 amide bonds. The van der Waals surface area contributed by atoms with Crippen molar-refractivity contribution in [3.8, 4) is 11.5 Å². The lowest BCUT2D eigenvalue weighted by Crippen LogP contribution is -2.16. The molecule has 0 N–H and O–H groups in total. The molecule has 0 saturated heterocycles. The third-order valence-electron chi connectivity index (χ3n) is 3.91. The number of oxime groups is 1. The number of fused-ring (bicyclic) bond motifs is 1. The number of benzene rings is 1. The van der Waals surface area contributed by atoms with Gasteiger partial charge in [-0.05, 0) is 24.6 Å². The number of methoxy groups -OCH3 is 2. The van der Waals surface area contributed by atoms with E-state index < -0.39 is 5.97 Å². The lowest BCUT2D eigenvalue weighted by atomic mass is 9.91. The molecule has 0 aromatic heterocycles. The minimum Gasteiger partial charge on any atom is -0.496 e. The second-order valence-electron chi connectivity index (χ2n) is 5.67. The Balaban J connectivity index is 2.31. The van der Waals surface area contributed by atoms with Gasteiger partial charge in [0.1, 0.15) is 11.5 Å². The summed E-state index contributed by atoms with van der Waals surface area (Å²) in [5.74, 6) is -0.761. The van der Waals surface area contributed by atoms with E-state index in [1.807, 2.05) is 6.92 Å². The molecule has 0 spiro atoms. The second kappa shape index (κ2) is 8.94. The molecule has 1 aromatic carbocycles. The summed E-state index contributed by atoms with van der Waals surface area (Å²) in [6.07, 6.45) is 6.61. The Kier molecular flexibility index (Phi) is 6.66. The van der Waals surface area contributed by atoms with Crippen LogP contribution < -0.4 is 9.47 Å². The number of rotatable bonds is 8. The number of allylic oxidation sites excluding steroid dienone is 2. The van der Waals surface area contributed by atoms with Crippen molar-refractivity contribution < 1.29 is 28.7 Å². The number of nitrogens with zero attached hydrogens (tertiary/aromatic N) is 1. The van der Waals surface area contributed by atoms with E-state index in [4.69, 9.17) is 14.3 Å². The molecule has 0 aliphatic heterocycles. The van der Waals surface area contributed by atoms with Gasteiger partial charge in [-0.1, -0.05) is 24.9 Å². The Morgan fingerprint density at radius 2 is 1.77 bits per heavy atom. The SMILES string of the molecule is CCCCCC(=O)ON=Cc1cc(OC)c2c(c1OC)C(=O)C=CC2=O. The van der Waals surface area contributed by atoms with Crippen LogP contribution >= 0.6 is 0 Å². The molecule has 26 heavy (non-hydrogen) atoms. The van der Waals surface area contributed by atoms with E-state index in [2.05, 4.69) is 5.16 Å². The fourth-order valence-electron chi connectivity index (χ4n) is 2.64. The van der Waals surface area contributed by atoms with Crippen molar-refractivity contribution in [3.05, 3.63) is 34.9 Å².